The van der Waals surface area contributed by atoms with Crippen LogP contribution < -0.4 is 5.32 Å². The van der Waals surface area contributed by atoms with Gasteiger partial charge in [0.1, 0.15) is 0 Å². The van der Waals surface area contributed by atoms with Crippen LogP contribution in [0.5, 0.6) is 0 Å². The Morgan fingerprint density at radius 2 is 2.30 bits per heavy atom. The van der Waals surface area contributed by atoms with Crippen LogP contribution in [0.2, 0.25) is 5.02 Å². The SMILES string of the molecule is CN(CCNC[C@@H]1CCCN1C)Cc1cccc(Cl)c1. The summed E-state index contributed by atoms with van der Waals surface area (Å²) < 4.78 is 0. The zero-order valence-electron chi connectivity index (χ0n) is 12.6. The molecule has 1 atom stereocenters. The number of hydrogen-bond acceptors (Lipinski definition) is 3. The maximum absolute atomic E-state index is 6.01. The predicted molar refractivity (Wildman–Crippen MR) is 86.3 cm³/mol. The third-order valence-electron chi connectivity index (χ3n) is 4.06. The first kappa shape index (κ1) is 15.8. The first-order valence-electron chi connectivity index (χ1n) is 7.49. The van der Waals surface area contributed by atoms with Crippen molar-refractivity contribution in [3.63, 3.8) is 0 Å². The van der Waals surface area contributed by atoms with Crippen molar-refractivity contribution in [1.82, 2.24) is 15.1 Å². The predicted octanol–water partition coefficient (Wildman–Crippen LogP) is 2.46. The average Bonchev–Trinajstić information content (AvgIpc) is 2.80. The Labute approximate surface area is 127 Å². The number of halogens is 1. The molecule has 1 fully saturated rings. The summed E-state index contributed by atoms with van der Waals surface area (Å²) in [6.45, 7) is 5.42. The molecular weight excluding hydrogens is 270 g/mol. The third-order valence-corrected chi connectivity index (χ3v) is 4.30. The molecule has 0 aromatic heterocycles. The number of nitrogens with zero attached hydrogens (tertiary/aromatic N) is 2. The van der Waals surface area contributed by atoms with Crippen LogP contribution in [0, 0.1) is 0 Å². The van der Waals surface area contributed by atoms with Crippen molar-refractivity contribution in [3.05, 3.63) is 34.9 Å². The lowest BCUT2D eigenvalue weighted by atomic mass is 10.2. The number of benzene rings is 1. The van der Waals surface area contributed by atoms with Gasteiger partial charge in [-0.2, -0.15) is 0 Å². The van der Waals surface area contributed by atoms with Gasteiger partial charge in [0.15, 0.2) is 0 Å². The van der Waals surface area contributed by atoms with E-state index in [1.807, 2.05) is 18.2 Å². The molecule has 0 saturated carbocycles. The minimum Gasteiger partial charge on any atom is -0.314 e. The molecule has 4 heteroatoms. The highest BCUT2D eigenvalue weighted by Gasteiger charge is 2.19. The maximum atomic E-state index is 6.01. The Morgan fingerprint density at radius 3 is 3.00 bits per heavy atom. The second-order valence-corrected chi connectivity index (χ2v) is 6.28. The molecule has 0 bridgehead atoms. The summed E-state index contributed by atoms with van der Waals surface area (Å²) in [5.74, 6) is 0. The van der Waals surface area contributed by atoms with E-state index in [1.54, 1.807) is 0 Å². The van der Waals surface area contributed by atoms with Crippen LogP contribution in [0.4, 0.5) is 0 Å². The van der Waals surface area contributed by atoms with Crippen LogP contribution in [-0.2, 0) is 6.54 Å². The van der Waals surface area contributed by atoms with Crippen LogP contribution in [-0.4, -0.2) is 56.1 Å². The van der Waals surface area contributed by atoms with Crippen molar-refractivity contribution in [2.24, 2.45) is 0 Å². The molecule has 0 aliphatic carbocycles. The van der Waals surface area contributed by atoms with Gasteiger partial charge in [-0.1, -0.05) is 23.7 Å². The van der Waals surface area contributed by atoms with Crippen LogP contribution in [0.25, 0.3) is 0 Å². The zero-order valence-corrected chi connectivity index (χ0v) is 13.4. The summed E-state index contributed by atoms with van der Waals surface area (Å²) >= 11 is 6.01. The molecule has 1 heterocycles. The minimum absolute atomic E-state index is 0.730. The number of rotatable bonds is 7. The van der Waals surface area contributed by atoms with E-state index in [9.17, 15) is 0 Å². The lowest BCUT2D eigenvalue weighted by Gasteiger charge is -2.21. The fraction of sp³-hybridized carbons (Fsp3) is 0.625. The zero-order chi connectivity index (χ0) is 14.4. The Hall–Kier alpha value is -0.610. The summed E-state index contributed by atoms with van der Waals surface area (Å²) in [5.41, 5.74) is 1.27. The van der Waals surface area contributed by atoms with E-state index in [4.69, 9.17) is 11.6 Å². The molecule has 0 unspecified atom stereocenters. The van der Waals surface area contributed by atoms with E-state index < -0.39 is 0 Å². The lowest BCUT2D eigenvalue weighted by molar-refractivity contribution is 0.285. The molecule has 0 spiro atoms. The summed E-state index contributed by atoms with van der Waals surface area (Å²) in [6.07, 6.45) is 2.68. The highest BCUT2D eigenvalue weighted by atomic mass is 35.5. The van der Waals surface area contributed by atoms with Gasteiger partial charge in [-0.15, -0.1) is 0 Å². The average molecular weight is 296 g/mol. The number of nitrogens with one attached hydrogen (secondary N) is 1. The monoisotopic (exact) mass is 295 g/mol. The molecular formula is C16H26ClN3. The number of hydrogen-bond donors (Lipinski definition) is 1. The molecule has 0 radical (unpaired) electrons. The van der Waals surface area contributed by atoms with E-state index in [-0.39, 0.29) is 0 Å². The summed E-state index contributed by atoms with van der Waals surface area (Å²) in [6, 6.07) is 8.83. The first-order valence-corrected chi connectivity index (χ1v) is 7.87. The topological polar surface area (TPSA) is 18.5 Å². The van der Waals surface area contributed by atoms with Gasteiger partial charge in [0.05, 0.1) is 0 Å². The lowest BCUT2D eigenvalue weighted by Crippen LogP contribution is -2.38. The van der Waals surface area contributed by atoms with Crippen molar-refractivity contribution in [2.45, 2.75) is 25.4 Å². The van der Waals surface area contributed by atoms with Crippen molar-refractivity contribution in [2.75, 3.05) is 40.3 Å². The number of likely N-dealkylation sites (tertiary alicyclic amines) is 1. The molecule has 2 rings (SSSR count). The highest BCUT2D eigenvalue weighted by Crippen LogP contribution is 2.13. The molecule has 20 heavy (non-hydrogen) atoms. The van der Waals surface area contributed by atoms with Gasteiger partial charge < -0.3 is 15.1 Å². The van der Waals surface area contributed by atoms with Crippen molar-refractivity contribution < 1.29 is 0 Å². The summed E-state index contributed by atoms with van der Waals surface area (Å²) in [4.78, 5) is 4.79. The van der Waals surface area contributed by atoms with Gasteiger partial charge in [-0.3, -0.25) is 0 Å². The van der Waals surface area contributed by atoms with E-state index in [2.05, 4.69) is 35.3 Å². The van der Waals surface area contributed by atoms with Crippen molar-refractivity contribution in [1.29, 1.82) is 0 Å². The van der Waals surface area contributed by atoms with E-state index in [0.29, 0.717) is 0 Å². The van der Waals surface area contributed by atoms with E-state index in [0.717, 1.165) is 37.2 Å². The molecule has 3 nitrogen and oxygen atoms in total. The van der Waals surface area contributed by atoms with Gasteiger partial charge in [0.2, 0.25) is 0 Å². The molecule has 1 aliphatic heterocycles. The minimum atomic E-state index is 0.730. The van der Waals surface area contributed by atoms with Gasteiger partial charge in [-0.05, 0) is 51.2 Å². The Morgan fingerprint density at radius 1 is 1.45 bits per heavy atom. The van der Waals surface area contributed by atoms with Gasteiger partial charge >= 0.3 is 0 Å². The normalized spacial score (nSPS) is 19.9. The van der Waals surface area contributed by atoms with E-state index >= 15 is 0 Å². The molecule has 112 valence electrons. The van der Waals surface area contributed by atoms with Crippen LogP contribution in [0.15, 0.2) is 24.3 Å². The van der Waals surface area contributed by atoms with Gasteiger partial charge in [-0.25, -0.2) is 0 Å². The maximum Gasteiger partial charge on any atom is 0.0409 e. The molecule has 0 amide bonds. The molecule has 1 aromatic rings. The summed E-state index contributed by atoms with van der Waals surface area (Å²) in [5, 5.41) is 4.39. The highest BCUT2D eigenvalue weighted by molar-refractivity contribution is 6.30. The second-order valence-electron chi connectivity index (χ2n) is 5.85. The summed E-state index contributed by atoms with van der Waals surface area (Å²) in [7, 11) is 4.38. The first-order chi connectivity index (χ1) is 9.65. The van der Waals surface area contributed by atoms with Crippen molar-refractivity contribution >= 4 is 11.6 Å². The van der Waals surface area contributed by atoms with Crippen LogP contribution in [0.1, 0.15) is 18.4 Å². The van der Waals surface area contributed by atoms with Gasteiger partial charge in [0.25, 0.3) is 0 Å². The quantitative estimate of drug-likeness (QED) is 0.780. The standard InChI is InChI=1S/C16H26ClN3/c1-19(13-14-5-3-6-15(17)11-14)10-8-18-12-16-7-4-9-20(16)2/h3,5-6,11,16,18H,4,7-10,12-13H2,1-2H3/t16-/m0/s1. The van der Waals surface area contributed by atoms with Crippen molar-refractivity contribution in [3.8, 4) is 0 Å². The van der Waals surface area contributed by atoms with Gasteiger partial charge in [0, 0.05) is 37.2 Å². The smallest absolute Gasteiger partial charge is 0.0409 e. The Balaban J connectivity index is 1.61. The molecule has 1 aliphatic rings. The fourth-order valence-electron chi connectivity index (χ4n) is 2.80. The molecule has 1 saturated heterocycles. The molecule has 1 aromatic carbocycles. The Kier molecular flexibility index (Phi) is 6.30. The Bertz CT molecular complexity index is 410. The van der Waals surface area contributed by atoms with Crippen LogP contribution in [0.3, 0.4) is 0 Å². The largest absolute Gasteiger partial charge is 0.314 e. The van der Waals surface area contributed by atoms with E-state index in [1.165, 1.54) is 24.9 Å². The van der Waals surface area contributed by atoms with Crippen LogP contribution >= 0.6 is 11.6 Å². The third kappa shape index (κ3) is 5.06. The second kappa shape index (κ2) is 7.99. The fourth-order valence-corrected chi connectivity index (χ4v) is 3.01. The molecule has 1 N–H and O–H groups in total. The number of likely N-dealkylation sites (N-methyl/N-ethyl adjacent to an activating group) is 2.